The zero-order valence-electron chi connectivity index (χ0n) is 11.9. The molecular weight excluding hydrogens is 283 g/mol. The van der Waals surface area contributed by atoms with Crippen LogP contribution in [0.25, 0.3) is 11.3 Å². The molecule has 0 fully saturated rings. The van der Waals surface area contributed by atoms with Gasteiger partial charge in [-0.05, 0) is 29.8 Å². The lowest BCUT2D eigenvalue weighted by Gasteiger charge is -2.06. The first-order chi connectivity index (χ1) is 10.8. The number of aliphatic imine (C=N–C) groups is 1. The fraction of sp³-hybridized carbons (Fsp3) is 0.0588. The fourth-order valence-corrected chi connectivity index (χ4v) is 2.01. The highest BCUT2D eigenvalue weighted by Gasteiger charge is 2.09. The molecule has 0 saturated carbocycles. The third kappa shape index (κ3) is 3.03. The van der Waals surface area contributed by atoms with Crippen molar-refractivity contribution in [3.8, 4) is 17.1 Å². The van der Waals surface area contributed by atoms with E-state index in [2.05, 4.69) is 9.98 Å². The van der Waals surface area contributed by atoms with Crippen LogP contribution >= 0.6 is 0 Å². The number of rotatable bonds is 4. The summed E-state index contributed by atoms with van der Waals surface area (Å²) in [6.07, 6.45) is 4.66. The molecular formula is C17H13FN2O2. The number of methoxy groups -OCH3 is 1. The Kier molecular flexibility index (Phi) is 3.96. The van der Waals surface area contributed by atoms with E-state index < -0.39 is 0 Å². The molecule has 0 amide bonds. The summed E-state index contributed by atoms with van der Waals surface area (Å²) in [6.45, 7) is 0. The van der Waals surface area contributed by atoms with Gasteiger partial charge >= 0.3 is 0 Å². The first-order valence-corrected chi connectivity index (χ1v) is 6.63. The lowest BCUT2D eigenvalue weighted by Crippen LogP contribution is -1.87. The summed E-state index contributed by atoms with van der Waals surface area (Å²) in [4.78, 5) is 8.26. The average molecular weight is 296 g/mol. The maximum atomic E-state index is 12.9. The molecule has 1 heterocycles. The number of aromatic nitrogens is 1. The van der Waals surface area contributed by atoms with E-state index in [9.17, 15) is 4.39 Å². The van der Waals surface area contributed by atoms with Gasteiger partial charge in [0, 0.05) is 12.3 Å². The quantitative estimate of drug-likeness (QED) is 0.676. The average Bonchev–Trinajstić information content (AvgIpc) is 3.08. The van der Waals surface area contributed by atoms with Crippen molar-refractivity contribution in [2.75, 3.05) is 7.11 Å². The van der Waals surface area contributed by atoms with Crippen LogP contribution in [-0.4, -0.2) is 18.3 Å². The van der Waals surface area contributed by atoms with Gasteiger partial charge in [0.25, 0.3) is 0 Å². The van der Waals surface area contributed by atoms with E-state index in [1.807, 2.05) is 12.1 Å². The van der Waals surface area contributed by atoms with E-state index in [0.717, 1.165) is 16.8 Å². The van der Waals surface area contributed by atoms with Crippen molar-refractivity contribution in [3.63, 3.8) is 0 Å². The van der Waals surface area contributed by atoms with E-state index in [-0.39, 0.29) is 5.82 Å². The molecule has 3 rings (SSSR count). The lowest BCUT2D eigenvalue weighted by atomic mass is 10.1. The number of ether oxygens (including phenoxy) is 1. The number of halogens is 1. The summed E-state index contributed by atoms with van der Waals surface area (Å²) in [6, 6.07) is 11.6. The van der Waals surface area contributed by atoms with Crippen LogP contribution in [0.2, 0.25) is 0 Å². The number of benzene rings is 2. The molecule has 0 saturated heterocycles. The minimum atomic E-state index is -0.268. The van der Waals surface area contributed by atoms with Gasteiger partial charge in [0.15, 0.2) is 12.2 Å². The summed E-state index contributed by atoms with van der Waals surface area (Å²) in [5, 5.41) is 0. The van der Waals surface area contributed by atoms with Gasteiger partial charge in [-0.3, -0.25) is 4.99 Å². The minimum absolute atomic E-state index is 0.268. The molecule has 110 valence electrons. The second kappa shape index (κ2) is 6.22. The zero-order chi connectivity index (χ0) is 15.4. The van der Waals surface area contributed by atoms with Gasteiger partial charge in [0.05, 0.1) is 24.6 Å². The van der Waals surface area contributed by atoms with Crippen molar-refractivity contribution in [2.24, 2.45) is 4.99 Å². The summed E-state index contributed by atoms with van der Waals surface area (Å²) >= 11 is 0. The molecule has 0 aliphatic rings. The van der Waals surface area contributed by atoms with Gasteiger partial charge < -0.3 is 9.15 Å². The van der Waals surface area contributed by atoms with Crippen LogP contribution in [0.1, 0.15) is 5.56 Å². The van der Waals surface area contributed by atoms with Crippen LogP contribution in [0.15, 0.2) is 64.5 Å². The monoisotopic (exact) mass is 296 g/mol. The molecule has 0 unspecified atom stereocenters. The molecule has 22 heavy (non-hydrogen) atoms. The molecule has 3 aromatic rings. The second-order valence-electron chi connectivity index (χ2n) is 4.56. The molecule has 0 N–H and O–H groups in total. The van der Waals surface area contributed by atoms with E-state index in [1.165, 1.54) is 18.5 Å². The van der Waals surface area contributed by atoms with Crippen molar-refractivity contribution in [3.05, 3.63) is 66.4 Å². The Morgan fingerprint density at radius 3 is 2.68 bits per heavy atom. The number of nitrogens with zero attached hydrogens (tertiary/aromatic N) is 2. The van der Waals surface area contributed by atoms with E-state index in [1.54, 1.807) is 37.7 Å². The summed E-state index contributed by atoms with van der Waals surface area (Å²) in [7, 11) is 1.59. The molecule has 0 radical (unpaired) electrons. The summed E-state index contributed by atoms with van der Waals surface area (Å²) < 4.78 is 23.5. The van der Waals surface area contributed by atoms with Crippen molar-refractivity contribution >= 4 is 11.9 Å². The zero-order valence-corrected chi connectivity index (χ0v) is 11.9. The van der Waals surface area contributed by atoms with Gasteiger partial charge in [-0.25, -0.2) is 9.37 Å². The van der Waals surface area contributed by atoms with Crippen LogP contribution in [-0.2, 0) is 0 Å². The fourth-order valence-electron chi connectivity index (χ4n) is 2.01. The van der Waals surface area contributed by atoms with Crippen LogP contribution in [0.3, 0.4) is 0 Å². The van der Waals surface area contributed by atoms with Crippen LogP contribution < -0.4 is 4.74 Å². The number of hydrogen-bond donors (Lipinski definition) is 0. The molecule has 0 aliphatic heterocycles. The topological polar surface area (TPSA) is 47.6 Å². The van der Waals surface area contributed by atoms with E-state index >= 15 is 0 Å². The Bertz CT molecular complexity index is 781. The molecule has 0 spiro atoms. The molecule has 0 aliphatic carbocycles. The predicted octanol–water partition coefficient (Wildman–Crippen LogP) is 4.24. The number of oxazole rings is 1. The van der Waals surface area contributed by atoms with Crippen LogP contribution in [0.5, 0.6) is 5.75 Å². The Morgan fingerprint density at radius 1 is 1.18 bits per heavy atom. The third-order valence-electron chi connectivity index (χ3n) is 3.12. The maximum absolute atomic E-state index is 12.9. The predicted molar refractivity (Wildman–Crippen MR) is 82.1 cm³/mol. The van der Waals surface area contributed by atoms with Gasteiger partial charge in [-0.1, -0.05) is 12.1 Å². The van der Waals surface area contributed by atoms with Crippen LogP contribution in [0.4, 0.5) is 10.1 Å². The normalized spacial score (nSPS) is 11.0. The van der Waals surface area contributed by atoms with Gasteiger partial charge in [0.2, 0.25) is 0 Å². The Balaban J connectivity index is 1.87. The molecule has 1 aromatic heterocycles. The van der Waals surface area contributed by atoms with Crippen molar-refractivity contribution < 1.29 is 13.5 Å². The van der Waals surface area contributed by atoms with Gasteiger partial charge in [-0.15, -0.1) is 0 Å². The van der Waals surface area contributed by atoms with E-state index in [0.29, 0.717) is 11.5 Å². The van der Waals surface area contributed by atoms with E-state index in [4.69, 9.17) is 9.15 Å². The highest BCUT2D eigenvalue weighted by Crippen LogP contribution is 2.33. The Labute approximate surface area is 126 Å². The smallest absolute Gasteiger partial charge is 0.181 e. The maximum Gasteiger partial charge on any atom is 0.181 e. The largest absolute Gasteiger partial charge is 0.496 e. The standard InChI is InChI=1S/C17H13FN2O2/c1-21-16-8-14(6-7-15(16)17-10-19-11-22-17)20-9-12-2-4-13(18)5-3-12/h2-11H,1H3/b20-9+. The van der Waals surface area contributed by atoms with Gasteiger partial charge in [-0.2, -0.15) is 0 Å². The van der Waals surface area contributed by atoms with Crippen molar-refractivity contribution in [2.45, 2.75) is 0 Å². The lowest BCUT2D eigenvalue weighted by molar-refractivity contribution is 0.415. The van der Waals surface area contributed by atoms with Crippen molar-refractivity contribution in [1.82, 2.24) is 4.98 Å². The first kappa shape index (κ1) is 14.0. The molecule has 5 heteroatoms. The SMILES string of the molecule is COc1cc(/N=C/c2ccc(F)cc2)ccc1-c1cnco1. The van der Waals surface area contributed by atoms with Crippen LogP contribution in [0, 0.1) is 5.82 Å². The summed E-state index contributed by atoms with van der Waals surface area (Å²) in [5.74, 6) is 1.01. The summed E-state index contributed by atoms with van der Waals surface area (Å²) in [5.41, 5.74) is 2.35. The molecule has 0 bridgehead atoms. The first-order valence-electron chi connectivity index (χ1n) is 6.63. The van der Waals surface area contributed by atoms with Crippen molar-refractivity contribution in [1.29, 1.82) is 0 Å². The highest BCUT2D eigenvalue weighted by atomic mass is 19.1. The van der Waals surface area contributed by atoms with Gasteiger partial charge in [0.1, 0.15) is 11.6 Å². The molecule has 4 nitrogen and oxygen atoms in total. The molecule has 2 aromatic carbocycles. The Morgan fingerprint density at radius 2 is 2.00 bits per heavy atom. The third-order valence-corrected chi connectivity index (χ3v) is 3.12. The highest BCUT2D eigenvalue weighted by molar-refractivity contribution is 5.82. The number of hydrogen-bond acceptors (Lipinski definition) is 4. The minimum Gasteiger partial charge on any atom is -0.496 e. The Hall–Kier alpha value is -2.95. The second-order valence-corrected chi connectivity index (χ2v) is 4.56. The molecule has 0 atom stereocenters.